The van der Waals surface area contributed by atoms with Gasteiger partial charge in [0.1, 0.15) is 0 Å². The Bertz CT molecular complexity index is 274. The average molecular weight is 221 g/mol. The molecule has 1 unspecified atom stereocenters. The number of nitrogens with zero attached hydrogens (tertiary/aromatic N) is 1. The van der Waals surface area contributed by atoms with E-state index in [1.807, 2.05) is 13.8 Å². The number of ether oxygens (including phenoxy) is 1. The summed E-state index contributed by atoms with van der Waals surface area (Å²) in [6, 6.07) is 0. The van der Waals surface area contributed by atoms with E-state index in [0.717, 1.165) is 0 Å². The van der Waals surface area contributed by atoms with Crippen LogP contribution in [-0.2, 0) is 14.8 Å². The molecule has 1 fully saturated rings. The molecule has 14 heavy (non-hydrogen) atoms. The van der Waals surface area contributed by atoms with E-state index in [1.54, 1.807) is 11.2 Å². The lowest BCUT2D eigenvalue weighted by Gasteiger charge is -2.33. The molecule has 0 N–H and O–H groups in total. The van der Waals surface area contributed by atoms with Gasteiger partial charge >= 0.3 is 0 Å². The SMILES string of the molecule is CCS(=O)(=O)N1CCOC(C(C)C)C1. The van der Waals surface area contributed by atoms with E-state index in [9.17, 15) is 8.42 Å². The first-order chi connectivity index (χ1) is 6.47. The van der Waals surface area contributed by atoms with Crippen LogP contribution in [0.25, 0.3) is 0 Å². The molecule has 0 radical (unpaired) electrons. The maximum atomic E-state index is 11.6. The van der Waals surface area contributed by atoms with Crippen LogP contribution in [-0.4, -0.2) is 44.3 Å². The first-order valence-corrected chi connectivity index (χ1v) is 6.67. The summed E-state index contributed by atoms with van der Waals surface area (Å²) in [5.41, 5.74) is 0. The fourth-order valence-electron chi connectivity index (χ4n) is 1.49. The van der Waals surface area contributed by atoms with Crippen molar-refractivity contribution in [2.75, 3.05) is 25.4 Å². The van der Waals surface area contributed by atoms with Crippen molar-refractivity contribution in [1.29, 1.82) is 0 Å². The monoisotopic (exact) mass is 221 g/mol. The number of sulfonamides is 1. The van der Waals surface area contributed by atoms with Gasteiger partial charge < -0.3 is 4.74 Å². The maximum Gasteiger partial charge on any atom is 0.213 e. The number of hydrogen-bond donors (Lipinski definition) is 0. The van der Waals surface area contributed by atoms with Gasteiger partial charge in [-0.1, -0.05) is 13.8 Å². The highest BCUT2D eigenvalue weighted by atomic mass is 32.2. The standard InChI is InChI=1S/C9H19NO3S/c1-4-14(11,12)10-5-6-13-9(7-10)8(2)3/h8-9H,4-7H2,1-3H3. The number of morpholine rings is 1. The van der Waals surface area contributed by atoms with E-state index >= 15 is 0 Å². The summed E-state index contributed by atoms with van der Waals surface area (Å²) in [7, 11) is -3.03. The third kappa shape index (κ3) is 2.68. The van der Waals surface area contributed by atoms with Crippen LogP contribution >= 0.6 is 0 Å². The molecular weight excluding hydrogens is 202 g/mol. The predicted molar refractivity (Wildman–Crippen MR) is 55.6 cm³/mol. The molecule has 0 bridgehead atoms. The topological polar surface area (TPSA) is 46.6 Å². The molecule has 84 valence electrons. The maximum absolute atomic E-state index is 11.6. The first-order valence-electron chi connectivity index (χ1n) is 5.06. The van der Waals surface area contributed by atoms with E-state index in [4.69, 9.17) is 4.74 Å². The van der Waals surface area contributed by atoms with Crippen LogP contribution in [0.3, 0.4) is 0 Å². The fraction of sp³-hybridized carbons (Fsp3) is 1.00. The molecule has 1 aliphatic rings. The highest BCUT2D eigenvalue weighted by Gasteiger charge is 2.29. The summed E-state index contributed by atoms with van der Waals surface area (Å²) in [6.07, 6.45) is 0.0464. The lowest BCUT2D eigenvalue weighted by molar-refractivity contribution is -0.0262. The number of hydrogen-bond acceptors (Lipinski definition) is 3. The van der Waals surface area contributed by atoms with Crippen molar-refractivity contribution in [2.45, 2.75) is 26.9 Å². The summed E-state index contributed by atoms with van der Waals surface area (Å²) in [6.45, 7) is 7.30. The molecule has 1 aliphatic heterocycles. The quantitative estimate of drug-likeness (QED) is 0.704. The molecular formula is C9H19NO3S. The van der Waals surface area contributed by atoms with Gasteiger partial charge in [-0.15, -0.1) is 0 Å². The lowest BCUT2D eigenvalue weighted by Crippen LogP contribution is -2.47. The minimum atomic E-state index is -3.03. The zero-order valence-corrected chi connectivity index (χ0v) is 9.88. The Morgan fingerprint density at radius 2 is 2.14 bits per heavy atom. The van der Waals surface area contributed by atoms with Crippen molar-refractivity contribution in [2.24, 2.45) is 5.92 Å². The Balaban J connectivity index is 2.65. The molecule has 0 saturated carbocycles. The second kappa shape index (κ2) is 4.59. The minimum Gasteiger partial charge on any atom is -0.375 e. The van der Waals surface area contributed by atoms with Crippen LogP contribution in [0.4, 0.5) is 0 Å². The van der Waals surface area contributed by atoms with E-state index < -0.39 is 10.0 Å². The van der Waals surface area contributed by atoms with Gasteiger partial charge in [0, 0.05) is 13.1 Å². The molecule has 0 aliphatic carbocycles. The smallest absolute Gasteiger partial charge is 0.213 e. The summed E-state index contributed by atoms with van der Waals surface area (Å²) in [4.78, 5) is 0. The van der Waals surface area contributed by atoms with Crippen molar-refractivity contribution >= 4 is 10.0 Å². The van der Waals surface area contributed by atoms with E-state index in [-0.39, 0.29) is 11.9 Å². The molecule has 0 aromatic rings. The fourth-order valence-corrected chi connectivity index (χ4v) is 2.58. The summed E-state index contributed by atoms with van der Waals surface area (Å²) < 4.78 is 30.2. The Kier molecular flexibility index (Phi) is 3.92. The molecule has 1 heterocycles. The normalized spacial score (nSPS) is 25.6. The first kappa shape index (κ1) is 11.9. The summed E-state index contributed by atoms with van der Waals surface area (Å²) in [5, 5.41) is 0. The lowest BCUT2D eigenvalue weighted by atomic mass is 10.1. The van der Waals surface area contributed by atoms with E-state index in [1.165, 1.54) is 0 Å². The minimum absolute atomic E-state index is 0.0464. The van der Waals surface area contributed by atoms with Crippen LogP contribution in [0.1, 0.15) is 20.8 Å². The molecule has 1 saturated heterocycles. The molecule has 0 aromatic carbocycles. The molecule has 1 rings (SSSR count). The number of rotatable bonds is 3. The van der Waals surface area contributed by atoms with Gasteiger partial charge in [0.05, 0.1) is 18.5 Å². The molecule has 0 amide bonds. The molecule has 5 heteroatoms. The summed E-state index contributed by atoms with van der Waals surface area (Å²) in [5.74, 6) is 0.544. The highest BCUT2D eigenvalue weighted by Crippen LogP contribution is 2.16. The second-order valence-corrected chi connectivity index (χ2v) is 6.17. The van der Waals surface area contributed by atoms with Crippen molar-refractivity contribution in [3.05, 3.63) is 0 Å². The van der Waals surface area contributed by atoms with Gasteiger partial charge in [-0.3, -0.25) is 0 Å². The van der Waals surface area contributed by atoms with Gasteiger partial charge in [0.15, 0.2) is 0 Å². The zero-order valence-electron chi connectivity index (χ0n) is 9.06. The van der Waals surface area contributed by atoms with Crippen LogP contribution in [0.15, 0.2) is 0 Å². The Hall–Kier alpha value is -0.130. The Morgan fingerprint density at radius 3 is 2.64 bits per heavy atom. The van der Waals surface area contributed by atoms with Gasteiger partial charge in [0.25, 0.3) is 0 Å². The predicted octanol–water partition coefficient (Wildman–Crippen LogP) is 0.693. The Labute approximate surface area is 86.3 Å². The molecule has 1 atom stereocenters. The summed E-state index contributed by atoms with van der Waals surface area (Å²) >= 11 is 0. The average Bonchev–Trinajstić information content (AvgIpc) is 2.18. The Morgan fingerprint density at radius 1 is 1.50 bits per heavy atom. The van der Waals surface area contributed by atoms with Crippen molar-refractivity contribution in [1.82, 2.24) is 4.31 Å². The van der Waals surface area contributed by atoms with Crippen LogP contribution in [0.5, 0.6) is 0 Å². The van der Waals surface area contributed by atoms with Crippen LogP contribution in [0, 0.1) is 5.92 Å². The van der Waals surface area contributed by atoms with E-state index in [0.29, 0.717) is 25.6 Å². The van der Waals surface area contributed by atoms with E-state index in [2.05, 4.69) is 0 Å². The molecule has 0 aromatic heterocycles. The molecule has 4 nitrogen and oxygen atoms in total. The van der Waals surface area contributed by atoms with Gasteiger partial charge in [-0.2, -0.15) is 4.31 Å². The second-order valence-electron chi connectivity index (χ2n) is 3.91. The van der Waals surface area contributed by atoms with Gasteiger partial charge in [-0.25, -0.2) is 8.42 Å². The van der Waals surface area contributed by atoms with Crippen molar-refractivity contribution in [3.63, 3.8) is 0 Å². The van der Waals surface area contributed by atoms with Gasteiger partial charge in [0.2, 0.25) is 10.0 Å². The third-order valence-electron chi connectivity index (χ3n) is 2.56. The zero-order chi connectivity index (χ0) is 10.8. The van der Waals surface area contributed by atoms with Crippen LogP contribution in [0.2, 0.25) is 0 Å². The van der Waals surface area contributed by atoms with Gasteiger partial charge in [-0.05, 0) is 12.8 Å². The highest BCUT2D eigenvalue weighted by molar-refractivity contribution is 7.89. The molecule has 0 spiro atoms. The van der Waals surface area contributed by atoms with Crippen molar-refractivity contribution in [3.8, 4) is 0 Å². The van der Waals surface area contributed by atoms with Crippen LogP contribution < -0.4 is 0 Å². The third-order valence-corrected chi connectivity index (χ3v) is 4.41. The largest absolute Gasteiger partial charge is 0.375 e. The van der Waals surface area contributed by atoms with Crippen molar-refractivity contribution < 1.29 is 13.2 Å².